The molecule has 0 aliphatic heterocycles. The van der Waals surface area contributed by atoms with E-state index in [1.54, 1.807) is 12.1 Å². The Morgan fingerprint density at radius 1 is 1.27 bits per heavy atom. The summed E-state index contributed by atoms with van der Waals surface area (Å²) in [4.78, 5) is 19.3. The largest absolute Gasteiger partial charge is 0.383 e. The van der Waals surface area contributed by atoms with Crippen molar-refractivity contribution in [1.29, 1.82) is 0 Å². The van der Waals surface area contributed by atoms with E-state index < -0.39 is 18.1 Å². The van der Waals surface area contributed by atoms with Gasteiger partial charge < -0.3 is 15.1 Å². The number of carbonyl (C=O) groups excluding carboxylic acids is 1. The number of rotatable bonds is 7. The number of hydrogen-bond acceptors (Lipinski definition) is 6. The molecule has 2 unspecified atom stereocenters. The number of para-hydroxylation sites is 1. The van der Waals surface area contributed by atoms with Crippen molar-refractivity contribution in [3.63, 3.8) is 0 Å². The van der Waals surface area contributed by atoms with Gasteiger partial charge in [-0.05, 0) is 24.3 Å². The molecule has 1 aromatic carbocycles. The number of amides is 1. The summed E-state index contributed by atoms with van der Waals surface area (Å²) in [5.41, 5.74) is 0.724. The van der Waals surface area contributed by atoms with Gasteiger partial charge in [-0.25, -0.2) is 4.98 Å². The molecule has 0 aliphatic rings. The Balaban J connectivity index is 1.77. The van der Waals surface area contributed by atoms with Crippen LogP contribution in [0.5, 0.6) is 0 Å². The van der Waals surface area contributed by atoms with Gasteiger partial charge in [0, 0.05) is 11.4 Å². The van der Waals surface area contributed by atoms with Crippen molar-refractivity contribution in [2.75, 3.05) is 6.54 Å². The third-order valence-electron chi connectivity index (χ3n) is 3.75. The van der Waals surface area contributed by atoms with E-state index in [-0.39, 0.29) is 13.1 Å². The van der Waals surface area contributed by atoms with Crippen LogP contribution in [0.15, 0.2) is 49.1 Å². The van der Waals surface area contributed by atoms with Crippen molar-refractivity contribution in [2.24, 2.45) is 0 Å². The predicted octanol–water partition coefficient (Wildman–Crippen LogP) is 3.62. The Morgan fingerprint density at radius 2 is 2.04 bits per heavy atom. The van der Waals surface area contributed by atoms with E-state index in [0.717, 1.165) is 15.1 Å². The number of carbonyl (C=O) groups is 1. The van der Waals surface area contributed by atoms with Crippen molar-refractivity contribution >= 4 is 50.4 Å². The summed E-state index contributed by atoms with van der Waals surface area (Å²) < 4.78 is 1.51. The highest BCUT2D eigenvalue weighted by atomic mass is 35.5. The maximum absolute atomic E-state index is 12.7. The first-order chi connectivity index (χ1) is 12.5. The summed E-state index contributed by atoms with van der Waals surface area (Å²) in [6.07, 6.45) is -1.42. The Morgan fingerprint density at radius 3 is 2.69 bits per heavy atom. The summed E-state index contributed by atoms with van der Waals surface area (Å²) in [5.74, 6) is -0.582. The molecule has 26 heavy (non-hydrogen) atoms. The highest BCUT2D eigenvalue weighted by molar-refractivity contribution is 7.18. The minimum atomic E-state index is -1.61. The van der Waals surface area contributed by atoms with Gasteiger partial charge in [-0.1, -0.05) is 29.8 Å². The fraction of sp³-hybridized carbons (Fsp3) is 0.222. The molecule has 2 heterocycles. The van der Waals surface area contributed by atoms with Crippen LogP contribution in [0.3, 0.4) is 0 Å². The van der Waals surface area contributed by atoms with Crippen LogP contribution in [-0.2, 0) is 11.3 Å². The minimum absolute atomic E-state index is 0.248. The van der Waals surface area contributed by atoms with Crippen LogP contribution in [0.25, 0.3) is 10.2 Å². The summed E-state index contributed by atoms with van der Waals surface area (Å²) >= 11 is 8.55. The van der Waals surface area contributed by atoms with Crippen LogP contribution < -0.4 is 0 Å². The van der Waals surface area contributed by atoms with Crippen LogP contribution in [0, 0.1) is 0 Å². The highest BCUT2D eigenvalue weighted by Crippen LogP contribution is 2.29. The fourth-order valence-electron chi connectivity index (χ4n) is 2.49. The lowest BCUT2D eigenvalue weighted by Crippen LogP contribution is -2.41. The topological polar surface area (TPSA) is 73.7 Å². The van der Waals surface area contributed by atoms with Crippen molar-refractivity contribution in [3.8, 4) is 0 Å². The summed E-state index contributed by atoms with van der Waals surface area (Å²) in [6, 6.07) is 11.0. The molecule has 1 amide bonds. The van der Waals surface area contributed by atoms with Crippen molar-refractivity contribution in [1.82, 2.24) is 9.88 Å². The molecule has 2 N–H and O–H groups in total. The molecule has 8 heteroatoms. The zero-order chi connectivity index (χ0) is 18.7. The lowest BCUT2D eigenvalue weighted by Gasteiger charge is -2.25. The van der Waals surface area contributed by atoms with Crippen LogP contribution in [-0.4, -0.2) is 38.7 Å². The third-order valence-corrected chi connectivity index (χ3v) is 6.08. The van der Waals surface area contributed by atoms with Crippen LogP contribution >= 0.6 is 34.3 Å². The molecular formula is C18H17ClN2O3S2. The molecule has 0 aliphatic carbocycles. The SMILES string of the molecule is C=CCN(Cc1ccc(Cl)s1)C(=O)C(O)C(O)c1nc2ccccc2s1. The number of halogens is 1. The molecule has 0 spiro atoms. The minimum Gasteiger partial charge on any atom is -0.383 e. The van der Waals surface area contributed by atoms with E-state index in [1.165, 1.54) is 27.6 Å². The van der Waals surface area contributed by atoms with Crippen molar-refractivity contribution < 1.29 is 15.0 Å². The first-order valence-electron chi connectivity index (χ1n) is 7.85. The molecule has 136 valence electrons. The first-order valence-corrected chi connectivity index (χ1v) is 9.86. The second kappa shape index (κ2) is 8.28. The van der Waals surface area contributed by atoms with E-state index >= 15 is 0 Å². The van der Waals surface area contributed by atoms with Crippen molar-refractivity contribution in [3.05, 3.63) is 63.3 Å². The highest BCUT2D eigenvalue weighted by Gasteiger charge is 2.31. The molecule has 3 rings (SSSR count). The zero-order valence-corrected chi connectivity index (χ0v) is 16.1. The second-order valence-corrected chi connectivity index (χ2v) is 8.48. The standard InChI is InChI=1S/C18H17ClN2O3S2/c1-2-9-21(10-11-7-8-14(19)25-11)18(24)16(23)15(22)17-20-12-5-3-4-6-13(12)26-17/h2-8,15-16,22-23H,1,9-10H2. The number of aliphatic hydroxyl groups excluding tert-OH is 2. The maximum Gasteiger partial charge on any atom is 0.255 e. The number of fused-ring (bicyclic) bond motifs is 1. The molecule has 0 bridgehead atoms. The summed E-state index contributed by atoms with van der Waals surface area (Å²) in [7, 11) is 0. The number of aliphatic hydroxyl groups is 2. The van der Waals surface area contributed by atoms with Gasteiger partial charge in [-0.3, -0.25) is 4.79 Å². The zero-order valence-electron chi connectivity index (χ0n) is 13.7. The third kappa shape index (κ3) is 4.13. The van der Waals surface area contributed by atoms with Gasteiger partial charge in [-0.2, -0.15) is 0 Å². The molecule has 3 aromatic rings. The average molecular weight is 409 g/mol. The molecule has 0 saturated carbocycles. The normalized spacial score (nSPS) is 13.5. The van der Waals surface area contributed by atoms with Gasteiger partial charge >= 0.3 is 0 Å². The van der Waals surface area contributed by atoms with E-state index in [1.807, 2.05) is 30.3 Å². The van der Waals surface area contributed by atoms with Gasteiger partial charge in [0.1, 0.15) is 11.1 Å². The smallest absolute Gasteiger partial charge is 0.255 e. The predicted molar refractivity (Wildman–Crippen MR) is 106 cm³/mol. The van der Waals surface area contributed by atoms with Gasteiger partial charge in [0.15, 0.2) is 6.10 Å². The lowest BCUT2D eigenvalue weighted by atomic mass is 10.1. The number of thiazole rings is 1. The van der Waals surface area contributed by atoms with Crippen LogP contribution in [0.1, 0.15) is 16.0 Å². The molecule has 0 saturated heterocycles. The maximum atomic E-state index is 12.7. The van der Waals surface area contributed by atoms with E-state index in [2.05, 4.69) is 11.6 Å². The Bertz CT molecular complexity index is 891. The number of aromatic nitrogens is 1. The van der Waals surface area contributed by atoms with E-state index in [9.17, 15) is 15.0 Å². The Kier molecular flexibility index (Phi) is 6.05. The molecular weight excluding hydrogens is 392 g/mol. The quantitative estimate of drug-likeness (QED) is 0.585. The Labute approximate surface area is 163 Å². The number of thiophene rings is 1. The molecule has 2 atom stereocenters. The molecule has 2 aromatic heterocycles. The van der Waals surface area contributed by atoms with E-state index in [4.69, 9.17) is 11.6 Å². The number of benzene rings is 1. The van der Waals surface area contributed by atoms with E-state index in [0.29, 0.717) is 9.34 Å². The van der Waals surface area contributed by atoms with Gasteiger partial charge in [0.05, 0.1) is 21.1 Å². The first kappa shape index (κ1) is 19.0. The van der Waals surface area contributed by atoms with Crippen molar-refractivity contribution in [2.45, 2.75) is 18.8 Å². The number of hydrogen-bond donors (Lipinski definition) is 2. The second-order valence-electron chi connectivity index (χ2n) is 5.62. The summed E-state index contributed by atoms with van der Waals surface area (Å²) in [6.45, 7) is 4.18. The molecule has 0 radical (unpaired) electrons. The number of nitrogens with zero attached hydrogens (tertiary/aromatic N) is 2. The summed E-state index contributed by atoms with van der Waals surface area (Å²) in [5, 5.41) is 21.2. The Hall–Kier alpha value is -1.77. The monoisotopic (exact) mass is 408 g/mol. The molecule has 5 nitrogen and oxygen atoms in total. The van der Waals surface area contributed by atoms with Crippen LogP contribution in [0.2, 0.25) is 4.34 Å². The van der Waals surface area contributed by atoms with Gasteiger partial charge in [0.25, 0.3) is 5.91 Å². The fourth-order valence-corrected chi connectivity index (χ4v) is 4.57. The average Bonchev–Trinajstić information content (AvgIpc) is 3.25. The van der Waals surface area contributed by atoms with Crippen LogP contribution in [0.4, 0.5) is 0 Å². The van der Waals surface area contributed by atoms with Gasteiger partial charge in [-0.15, -0.1) is 29.3 Å². The van der Waals surface area contributed by atoms with Gasteiger partial charge in [0.2, 0.25) is 0 Å². The lowest BCUT2D eigenvalue weighted by molar-refractivity contribution is -0.146. The molecule has 0 fully saturated rings.